The zero-order valence-corrected chi connectivity index (χ0v) is 11.9. The van der Waals surface area contributed by atoms with Crippen molar-refractivity contribution in [1.82, 2.24) is 10.2 Å². The van der Waals surface area contributed by atoms with Crippen molar-refractivity contribution in [2.45, 2.75) is 31.7 Å². The number of piperidine rings is 1. The van der Waals surface area contributed by atoms with Gasteiger partial charge in [-0.05, 0) is 57.1 Å². The Morgan fingerprint density at radius 3 is 2.78 bits per heavy atom. The zero-order chi connectivity index (χ0) is 12.8. The molecule has 0 spiro atoms. The van der Waals surface area contributed by atoms with Crippen molar-refractivity contribution in [3.05, 3.63) is 34.9 Å². The van der Waals surface area contributed by atoms with Crippen LogP contribution in [0.3, 0.4) is 0 Å². The summed E-state index contributed by atoms with van der Waals surface area (Å²) in [5.41, 5.74) is 1.35. The maximum Gasteiger partial charge on any atom is 0.0406 e. The Balaban J connectivity index is 1.65. The second-order valence-corrected chi connectivity index (χ2v) is 5.65. The van der Waals surface area contributed by atoms with Gasteiger partial charge in [0.05, 0.1) is 0 Å². The summed E-state index contributed by atoms with van der Waals surface area (Å²) in [6, 6.07) is 8.87. The van der Waals surface area contributed by atoms with Crippen LogP contribution in [-0.2, 0) is 6.42 Å². The molecule has 1 saturated heterocycles. The van der Waals surface area contributed by atoms with Crippen LogP contribution in [0.25, 0.3) is 0 Å². The largest absolute Gasteiger partial charge is 0.315 e. The molecule has 0 bridgehead atoms. The zero-order valence-electron chi connectivity index (χ0n) is 11.2. The predicted octanol–water partition coefficient (Wildman–Crippen LogP) is 2.96. The second kappa shape index (κ2) is 7.13. The molecule has 1 aliphatic rings. The molecule has 2 nitrogen and oxygen atoms in total. The lowest BCUT2D eigenvalue weighted by Crippen LogP contribution is -2.43. The van der Waals surface area contributed by atoms with E-state index in [0.29, 0.717) is 0 Å². The molecule has 1 aromatic carbocycles. The van der Waals surface area contributed by atoms with Crippen LogP contribution in [0.15, 0.2) is 24.3 Å². The predicted molar refractivity (Wildman–Crippen MR) is 78.3 cm³/mol. The number of hydrogen-bond acceptors (Lipinski definition) is 2. The van der Waals surface area contributed by atoms with Gasteiger partial charge in [0.15, 0.2) is 0 Å². The van der Waals surface area contributed by atoms with Crippen molar-refractivity contribution >= 4 is 11.6 Å². The van der Waals surface area contributed by atoms with Gasteiger partial charge in [-0.1, -0.05) is 30.2 Å². The van der Waals surface area contributed by atoms with E-state index in [2.05, 4.69) is 29.4 Å². The lowest BCUT2D eigenvalue weighted by atomic mass is 10.0. The standard InChI is InChI=1S/C15H23ClN2/c1-18-11-3-2-4-15(18)12-17-10-9-13-5-7-14(16)8-6-13/h5-8,15,17H,2-4,9-12H2,1H3. The number of hydrogen-bond donors (Lipinski definition) is 1. The fraction of sp³-hybridized carbons (Fsp3) is 0.600. The summed E-state index contributed by atoms with van der Waals surface area (Å²) in [6.07, 6.45) is 5.16. The summed E-state index contributed by atoms with van der Waals surface area (Å²) in [5.74, 6) is 0. The van der Waals surface area contributed by atoms with Gasteiger partial charge in [0, 0.05) is 17.6 Å². The quantitative estimate of drug-likeness (QED) is 0.825. The van der Waals surface area contributed by atoms with Crippen LogP contribution in [0.5, 0.6) is 0 Å². The molecule has 0 aliphatic carbocycles. The van der Waals surface area contributed by atoms with E-state index >= 15 is 0 Å². The van der Waals surface area contributed by atoms with Gasteiger partial charge < -0.3 is 10.2 Å². The van der Waals surface area contributed by atoms with E-state index in [1.54, 1.807) is 0 Å². The highest BCUT2D eigenvalue weighted by atomic mass is 35.5. The molecule has 1 N–H and O–H groups in total. The molecule has 0 aromatic heterocycles. The molecule has 3 heteroatoms. The monoisotopic (exact) mass is 266 g/mol. The fourth-order valence-corrected chi connectivity index (χ4v) is 2.68. The Bertz CT molecular complexity index is 350. The fourth-order valence-electron chi connectivity index (χ4n) is 2.55. The Kier molecular flexibility index (Phi) is 5.48. The highest BCUT2D eigenvalue weighted by Crippen LogP contribution is 2.14. The maximum absolute atomic E-state index is 5.87. The summed E-state index contributed by atoms with van der Waals surface area (Å²) in [4.78, 5) is 2.48. The number of nitrogens with zero attached hydrogens (tertiary/aromatic N) is 1. The van der Waals surface area contributed by atoms with E-state index < -0.39 is 0 Å². The van der Waals surface area contributed by atoms with Crippen molar-refractivity contribution in [2.75, 3.05) is 26.7 Å². The van der Waals surface area contributed by atoms with E-state index in [4.69, 9.17) is 11.6 Å². The first-order valence-corrected chi connectivity index (χ1v) is 7.29. The van der Waals surface area contributed by atoms with E-state index in [0.717, 1.165) is 30.6 Å². The molecule has 0 radical (unpaired) electrons. The van der Waals surface area contributed by atoms with Gasteiger partial charge in [0.1, 0.15) is 0 Å². The van der Waals surface area contributed by atoms with Crippen molar-refractivity contribution in [3.8, 4) is 0 Å². The number of likely N-dealkylation sites (N-methyl/N-ethyl adjacent to an activating group) is 1. The Morgan fingerprint density at radius 1 is 1.28 bits per heavy atom. The smallest absolute Gasteiger partial charge is 0.0406 e. The normalized spacial score (nSPS) is 21.1. The molecule has 0 saturated carbocycles. The van der Waals surface area contributed by atoms with E-state index in [1.165, 1.54) is 31.4 Å². The van der Waals surface area contributed by atoms with Crippen molar-refractivity contribution in [3.63, 3.8) is 0 Å². The minimum absolute atomic E-state index is 0.726. The van der Waals surface area contributed by atoms with Crippen LogP contribution in [0, 0.1) is 0 Å². The molecule has 1 atom stereocenters. The Morgan fingerprint density at radius 2 is 2.06 bits per heavy atom. The van der Waals surface area contributed by atoms with Crippen LogP contribution >= 0.6 is 11.6 Å². The van der Waals surface area contributed by atoms with Crippen LogP contribution in [0.4, 0.5) is 0 Å². The molecule has 1 aliphatic heterocycles. The number of benzene rings is 1. The van der Waals surface area contributed by atoms with Gasteiger partial charge in [-0.2, -0.15) is 0 Å². The van der Waals surface area contributed by atoms with Gasteiger partial charge in [-0.25, -0.2) is 0 Å². The van der Waals surface area contributed by atoms with E-state index in [-0.39, 0.29) is 0 Å². The summed E-state index contributed by atoms with van der Waals surface area (Å²) in [7, 11) is 2.24. The molecule has 0 amide bonds. The van der Waals surface area contributed by atoms with Crippen molar-refractivity contribution < 1.29 is 0 Å². The van der Waals surface area contributed by atoms with Gasteiger partial charge in [-0.15, -0.1) is 0 Å². The van der Waals surface area contributed by atoms with E-state index in [9.17, 15) is 0 Å². The van der Waals surface area contributed by atoms with Gasteiger partial charge in [-0.3, -0.25) is 0 Å². The summed E-state index contributed by atoms with van der Waals surface area (Å²) < 4.78 is 0. The number of rotatable bonds is 5. The number of halogens is 1. The highest BCUT2D eigenvalue weighted by molar-refractivity contribution is 6.30. The second-order valence-electron chi connectivity index (χ2n) is 5.21. The average Bonchev–Trinajstić information content (AvgIpc) is 2.39. The molecule has 1 heterocycles. The lowest BCUT2D eigenvalue weighted by molar-refractivity contribution is 0.182. The molecule has 18 heavy (non-hydrogen) atoms. The SMILES string of the molecule is CN1CCCCC1CNCCc1ccc(Cl)cc1. The lowest BCUT2D eigenvalue weighted by Gasteiger charge is -2.32. The van der Waals surface area contributed by atoms with Crippen LogP contribution in [0.2, 0.25) is 5.02 Å². The molecule has 2 rings (SSSR count). The molecular weight excluding hydrogens is 244 g/mol. The summed E-state index contributed by atoms with van der Waals surface area (Å²) in [5, 5.41) is 4.39. The number of likely N-dealkylation sites (tertiary alicyclic amines) is 1. The van der Waals surface area contributed by atoms with Crippen LogP contribution in [-0.4, -0.2) is 37.6 Å². The highest BCUT2D eigenvalue weighted by Gasteiger charge is 2.17. The molecule has 1 fully saturated rings. The molecule has 100 valence electrons. The third-order valence-electron chi connectivity index (χ3n) is 3.81. The van der Waals surface area contributed by atoms with Crippen LogP contribution in [0.1, 0.15) is 24.8 Å². The van der Waals surface area contributed by atoms with Crippen LogP contribution < -0.4 is 5.32 Å². The third-order valence-corrected chi connectivity index (χ3v) is 4.06. The first-order valence-electron chi connectivity index (χ1n) is 6.91. The molecular formula is C15H23ClN2. The third kappa shape index (κ3) is 4.27. The minimum atomic E-state index is 0.726. The van der Waals surface area contributed by atoms with E-state index in [1.807, 2.05) is 12.1 Å². The van der Waals surface area contributed by atoms with Gasteiger partial charge >= 0.3 is 0 Å². The Labute approximate surface area is 115 Å². The first-order chi connectivity index (χ1) is 8.75. The Hall–Kier alpha value is -0.570. The maximum atomic E-state index is 5.87. The summed E-state index contributed by atoms with van der Waals surface area (Å²) in [6.45, 7) is 3.42. The molecule has 1 aromatic rings. The minimum Gasteiger partial charge on any atom is -0.315 e. The summed E-state index contributed by atoms with van der Waals surface area (Å²) >= 11 is 5.87. The first kappa shape index (κ1) is 13.9. The average molecular weight is 267 g/mol. The van der Waals surface area contributed by atoms with Crippen molar-refractivity contribution in [1.29, 1.82) is 0 Å². The molecule has 1 unspecified atom stereocenters. The van der Waals surface area contributed by atoms with Gasteiger partial charge in [0.25, 0.3) is 0 Å². The number of nitrogens with one attached hydrogen (secondary N) is 1. The van der Waals surface area contributed by atoms with Crippen molar-refractivity contribution in [2.24, 2.45) is 0 Å². The topological polar surface area (TPSA) is 15.3 Å². The van der Waals surface area contributed by atoms with Gasteiger partial charge in [0.2, 0.25) is 0 Å².